The van der Waals surface area contributed by atoms with Gasteiger partial charge in [-0.3, -0.25) is 4.99 Å². The largest absolute Gasteiger partial charge is 0.370 e. The maximum Gasteiger partial charge on any atom is 0.193 e. The summed E-state index contributed by atoms with van der Waals surface area (Å²) in [6, 6.07) is 9.89. The predicted octanol–water partition coefficient (Wildman–Crippen LogP) is 3.22. The molecule has 94 valence electrons. The van der Waals surface area contributed by atoms with Gasteiger partial charge in [-0.2, -0.15) is 0 Å². The molecule has 0 radical (unpaired) electrons. The third-order valence-electron chi connectivity index (χ3n) is 2.80. The number of anilines is 1. The maximum atomic E-state index is 5.78. The van der Waals surface area contributed by atoms with Crippen molar-refractivity contribution in [2.45, 2.75) is 25.7 Å². The lowest BCUT2D eigenvalue weighted by Gasteiger charge is -2.04. The average Bonchev–Trinajstić information content (AvgIpc) is 3.10. The van der Waals surface area contributed by atoms with E-state index in [9.17, 15) is 0 Å². The molecule has 0 amide bonds. The van der Waals surface area contributed by atoms with Crippen molar-refractivity contribution in [1.29, 1.82) is 0 Å². The van der Waals surface area contributed by atoms with Crippen LogP contribution in [-0.4, -0.2) is 12.5 Å². The van der Waals surface area contributed by atoms with Crippen molar-refractivity contribution in [2.24, 2.45) is 16.6 Å². The summed E-state index contributed by atoms with van der Waals surface area (Å²) in [6.45, 7) is 0.835. The molecule has 0 atom stereocenters. The van der Waals surface area contributed by atoms with E-state index in [1.165, 1.54) is 19.3 Å². The summed E-state index contributed by atoms with van der Waals surface area (Å²) < 4.78 is 0. The fraction of sp³-hybridized carbons (Fsp3) is 0.462. The number of halogens is 1. The Bertz CT molecular complexity index is 347. The van der Waals surface area contributed by atoms with Crippen molar-refractivity contribution >= 4 is 35.6 Å². The van der Waals surface area contributed by atoms with Crippen molar-refractivity contribution in [1.82, 2.24) is 0 Å². The van der Waals surface area contributed by atoms with Crippen LogP contribution in [0.15, 0.2) is 35.3 Å². The van der Waals surface area contributed by atoms with Crippen LogP contribution < -0.4 is 11.1 Å². The van der Waals surface area contributed by atoms with E-state index in [-0.39, 0.29) is 24.0 Å². The number of nitrogens with zero attached hydrogens (tertiary/aromatic N) is 1. The van der Waals surface area contributed by atoms with Gasteiger partial charge in [-0.15, -0.1) is 24.0 Å². The van der Waals surface area contributed by atoms with Crippen molar-refractivity contribution in [3.63, 3.8) is 0 Å². The number of benzene rings is 1. The van der Waals surface area contributed by atoms with Crippen LogP contribution in [0.1, 0.15) is 25.7 Å². The number of para-hydroxylation sites is 1. The Morgan fingerprint density at radius 3 is 2.65 bits per heavy atom. The molecule has 0 aromatic heterocycles. The fourth-order valence-corrected chi connectivity index (χ4v) is 1.69. The van der Waals surface area contributed by atoms with Crippen molar-refractivity contribution in [3.05, 3.63) is 30.3 Å². The van der Waals surface area contributed by atoms with Crippen molar-refractivity contribution < 1.29 is 0 Å². The molecule has 3 N–H and O–H groups in total. The summed E-state index contributed by atoms with van der Waals surface area (Å²) in [5, 5.41) is 3.07. The number of rotatable bonds is 5. The van der Waals surface area contributed by atoms with Crippen LogP contribution in [0.2, 0.25) is 0 Å². The SMILES string of the molecule is I.NC(=NCCCC1CC1)Nc1ccccc1. The maximum absolute atomic E-state index is 5.78. The lowest BCUT2D eigenvalue weighted by Crippen LogP contribution is -2.22. The Morgan fingerprint density at radius 2 is 2.00 bits per heavy atom. The molecule has 0 bridgehead atoms. The van der Waals surface area contributed by atoms with E-state index >= 15 is 0 Å². The van der Waals surface area contributed by atoms with Crippen molar-refractivity contribution in [2.75, 3.05) is 11.9 Å². The molecule has 1 aliphatic carbocycles. The standard InChI is InChI=1S/C13H19N3.HI/c14-13(15-10-4-5-11-8-9-11)16-12-6-2-1-3-7-12;/h1-3,6-7,11H,4-5,8-10H2,(H3,14,15,16);1H. The molecule has 1 aromatic rings. The highest BCUT2D eigenvalue weighted by atomic mass is 127. The topological polar surface area (TPSA) is 50.4 Å². The van der Waals surface area contributed by atoms with Crippen LogP contribution in [0.3, 0.4) is 0 Å². The molecular weight excluding hydrogens is 325 g/mol. The van der Waals surface area contributed by atoms with Gasteiger partial charge in [-0.05, 0) is 30.9 Å². The number of guanidine groups is 1. The molecule has 3 nitrogen and oxygen atoms in total. The predicted molar refractivity (Wildman–Crippen MR) is 83.9 cm³/mol. The molecule has 0 saturated heterocycles. The highest BCUT2D eigenvalue weighted by Crippen LogP contribution is 2.33. The minimum Gasteiger partial charge on any atom is -0.370 e. The molecule has 0 heterocycles. The molecule has 0 aliphatic heterocycles. The molecule has 0 unspecified atom stereocenters. The zero-order valence-electron chi connectivity index (χ0n) is 9.93. The van der Waals surface area contributed by atoms with Gasteiger partial charge in [0.25, 0.3) is 0 Å². The third kappa shape index (κ3) is 5.91. The summed E-state index contributed by atoms with van der Waals surface area (Å²) in [7, 11) is 0. The monoisotopic (exact) mass is 345 g/mol. The van der Waals surface area contributed by atoms with Crippen LogP contribution >= 0.6 is 24.0 Å². The molecule has 1 aliphatic rings. The first kappa shape index (κ1) is 14.3. The molecule has 4 heteroatoms. The van der Waals surface area contributed by atoms with Gasteiger partial charge >= 0.3 is 0 Å². The van der Waals surface area contributed by atoms with E-state index in [1.807, 2.05) is 30.3 Å². The first-order chi connectivity index (χ1) is 7.84. The first-order valence-corrected chi connectivity index (χ1v) is 5.96. The third-order valence-corrected chi connectivity index (χ3v) is 2.80. The smallest absolute Gasteiger partial charge is 0.193 e. The number of nitrogens with two attached hydrogens (primary N) is 1. The van der Waals surface area contributed by atoms with E-state index in [1.54, 1.807) is 0 Å². The van der Waals surface area contributed by atoms with Gasteiger partial charge in [0.1, 0.15) is 0 Å². The Hall–Kier alpha value is -0.780. The van der Waals surface area contributed by atoms with E-state index in [0.29, 0.717) is 5.96 Å². The Labute approximate surface area is 120 Å². The lowest BCUT2D eigenvalue weighted by atomic mass is 10.2. The summed E-state index contributed by atoms with van der Waals surface area (Å²) in [4.78, 5) is 4.30. The second-order valence-corrected chi connectivity index (χ2v) is 4.34. The minimum atomic E-state index is 0. The number of hydrogen-bond acceptors (Lipinski definition) is 1. The normalized spacial score (nSPS) is 15.2. The number of aliphatic imine (C=N–C) groups is 1. The summed E-state index contributed by atoms with van der Waals surface area (Å²) in [6.07, 6.45) is 5.30. The summed E-state index contributed by atoms with van der Waals surface area (Å²) in [5.74, 6) is 1.50. The highest BCUT2D eigenvalue weighted by molar-refractivity contribution is 14.0. The van der Waals surface area contributed by atoms with E-state index < -0.39 is 0 Å². The van der Waals surface area contributed by atoms with Gasteiger partial charge in [-0.1, -0.05) is 31.0 Å². The molecule has 1 saturated carbocycles. The lowest BCUT2D eigenvalue weighted by molar-refractivity contribution is 0.675. The number of hydrogen-bond donors (Lipinski definition) is 2. The summed E-state index contributed by atoms with van der Waals surface area (Å²) in [5.41, 5.74) is 6.77. The molecular formula is C13H20IN3. The second-order valence-electron chi connectivity index (χ2n) is 4.34. The minimum absolute atomic E-state index is 0. The van der Waals surface area contributed by atoms with E-state index in [2.05, 4.69) is 10.3 Å². The second kappa shape index (κ2) is 7.53. The Morgan fingerprint density at radius 1 is 1.29 bits per heavy atom. The molecule has 1 fully saturated rings. The quantitative estimate of drug-likeness (QED) is 0.373. The van der Waals surface area contributed by atoms with Gasteiger partial charge in [0.05, 0.1) is 0 Å². The van der Waals surface area contributed by atoms with Gasteiger partial charge in [0.2, 0.25) is 0 Å². The zero-order valence-corrected chi connectivity index (χ0v) is 12.3. The Balaban J connectivity index is 0.00000144. The fourth-order valence-electron chi connectivity index (χ4n) is 1.69. The first-order valence-electron chi connectivity index (χ1n) is 5.96. The van der Waals surface area contributed by atoms with E-state index in [0.717, 1.165) is 24.6 Å². The molecule has 0 spiro atoms. The van der Waals surface area contributed by atoms with Gasteiger partial charge in [-0.25, -0.2) is 0 Å². The van der Waals surface area contributed by atoms with Gasteiger partial charge in [0.15, 0.2) is 5.96 Å². The average molecular weight is 345 g/mol. The van der Waals surface area contributed by atoms with Crippen LogP contribution in [0.4, 0.5) is 5.69 Å². The zero-order chi connectivity index (χ0) is 11.2. The number of nitrogens with one attached hydrogen (secondary N) is 1. The molecule has 17 heavy (non-hydrogen) atoms. The Kier molecular flexibility index (Phi) is 6.32. The summed E-state index contributed by atoms with van der Waals surface area (Å²) >= 11 is 0. The highest BCUT2D eigenvalue weighted by Gasteiger charge is 2.19. The van der Waals surface area contributed by atoms with Crippen LogP contribution in [-0.2, 0) is 0 Å². The van der Waals surface area contributed by atoms with Crippen LogP contribution in [0, 0.1) is 5.92 Å². The van der Waals surface area contributed by atoms with Crippen molar-refractivity contribution in [3.8, 4) is 0 Å². The molecule has 1 aromatic carbocycles. The van der Waals surface area contributed by atoms with Gasteiger partial charge < -0.3 is 11.1 Å². The van der Waals surface area contributed by atoms with E-state index in [4.69, 9.17) is 5.73 Å². The van der Waals surface area contributed by atoms with Crippen LogP contribution in [0.25, 0.3) is 0 Å². The van der Waals surface area contributed by atoms with Crippen LogP contribution in [0.5, 0.6) is 0 Å². The molecule has 2 rings (SSSR count). The van der Waals surface area contributed by atoms with Gasteiger partial charge in [0, 0.05) is 12.2 Å².